The summed E-state index contributed by atoms with van der Waals surface area (Å²) >= 11 is 0. The van der Waals surface area contributed by atoms with Crippen LogP contribution in [0.5, 0.6) is 0 Å². The van der Waals surface area contributed by atoms with E-state index in [1.54, 1.807) is 10.9 Å². The van der Waals surface area contributed by atoms with Crippen molar-refractivity contribution < 1.29 is 0 Å². The summed E-state index contributed by atoms with van der Waals surface area (Å²) in [7, 11) is 0. The molecule has 0 spiro atoms. The van der Waals surface area contributed by atoms with E-state index in [0.29, 0.717) is 6.54 Å². The molecule has 0 saturated heterocycles. The molecule has 0 aliphatic carbocycles. The van der Waals surface area contributed by atoms with E-state index in [2.05, 4.69) is 23.1 Å². The number of hydrogen-bond acceptors (Lipinski definition) is 3. The third-order valence-electron chi connectivity index (χ3n) is 2.41. The molecule has 0 aliphatic heterocycles. The Labute approximate surface area is 95.1 Å². The Morgan fingerprint density at radius 2 is 2.25 bits per heavy atom. The van der Waals surface area contributed by atoms with Crippen LogP contribution < -0.4 is 5.73 Å². The van der Waals surface area contributed by atoms with Crippen molar-refractivity contribution in [1.29, 1.82) is 0 Å². The Morgan fingerprint density at radius 1 is 1.38 bits per heavy atom. The zero-order chi connectivity index (χ0) is 11.4. The van der Waals surface area contributed by atoms with Crippen molar-refractivity contribution in [3.63, 3.8) is 0 Å². The summed E-state index contributed by atoms with van der Waals surface area (Å²) in [5.41, 5.74) is 7.86. The average Bonchev–Trinajstić information content (AvgIpc) is 2.82. The fourth-order valence-corrected chi connectivity index (χ4v) is 1.66. The minimum absolute atomic E-state index is 0.535. The zero-order valence-corrected chi connectivity index (χ0v) is 9.43. The Balaban J connectivity index is 2.41. The molecule has 0 unspecified atom stereocenters. The Hall–Kier alpha value is -1.68. The molecule has 0 aromatic carbocycles. The topological polar surface area (TPSA) is 56.7 Å². The summed E-state index contributed by atoms with van der Waals surface area (Å²) in [6.07, 6.45) is 5.69. The second-order valence-corrected chi connectivity index (χ2v) is 3.73. The minimum atomic E-state index is 0.535. The molecular formula is C12H16N4. The molecule has 4 nitrogen and oxygen atoms in total. The molecule has 0 saturated carbocycles. The molecule has 0 fully saturated rings. The van der Waals surface area contributed by atoms with Crippen LogP contribution >= 0.6 is 0 Å². The largest absolute Gasteiger partial charge is 0.326 e. The highest BCUT2D eigenvalue weighted by Gasteiger charge is 2.03. The third-order valence-corrected chi connectivity index (χ3v) is 2.41. The average molecular weight is 216 g/mol. The van der Waals surface area contributed by atoms with Gasteiger partial charge in [-0.25, -0.2) is 9.67 Å². The number of nitrogens with two attached hydrogens (primary N) is 1. The summed E-state index contributed by atoms with van der Waals surface area (Å²) in [6.45, 7) is 2.68. The molecule has 0 amide bonds. The first-order chi connectivity index (χ1) is 7.83. The van der Waals surface area contributed by atoms with Crippen molar-refractivity contribution in [3.05, 3.63) is 41.9 Å². The van der Waals surface area contributed by atoms with E-state index in [0.717, 1.165) is 29.9 Å². The maximum atomic E-state index is 5.68. The van der Waals surface area contributed by atoms with Gasteiger partial charge in [0, 0.05) is 24.6 Å². The highest BCUT2D eigenvalue weighted by atomic mass is 15.3. The Kier molecular flexibility index (Phi) is 3.31. The molecule has 2 aromatic heterocycles. The van der Waals surface area contributed by atoms with Gasteiger partial charge in [-0.2, -0.15) is 5.10 Å². The highest BCUT2D eigenvalue weighted by molar-refractivity contribution is 5.30. The first-order valence-corrected chi connectivity index (χ1v) is 5.53. The van der Waals surface area contributed by atoms with Crippen LogP contribution in [0.3, 0.4) is 0 Å². The van der Waals surface area contributed by atoms with Gasteiger partial charge in [0.25, 0.3) is 0 Å². The molecule has 0 radical (unpaired) electrons. The SMILES string of the molecule is CCCc1cc(CN)cc(-n2cccn2)n1. The van der Waals surface area contributed by atoms with Crippen molar-refractivity contribution in [3.8, 4) is 5.82 Å². The number of rotatable bonds is 4. The van der Waals surface area contributed by atoms with Crippen LogP contribution in [0.15, 0.2) is 30.6 Å². The van der Waals surface area contributed by atoms with Gasteiger partial charge in [-0.1, -0.05) is 13.3 Å². The normalized spacial score (nSPS) is 10.6. The van der Waals surface area contributed by atoms with Crippen molar-refractivity contribution in [1.82, 2.24) is 14.8 Å². The van der Waals surface area contributed by atoms with Crippen LogP contribution in [0.2, 0.25) is 0 Å². The number of nitrogens with zero attached hydrogens (tertiary/aromatic N) is 3. The number of pyridine rings is 1. The standard InChI is InChI=1S/C12H16N4/c1-2-4-11-7-10(9-13)8-12(15-11)16-6-3-5-14-16/h3,5-8H,2,4,9,13H2,1H3. The van der Waals surface area contributed by atoms with Crippen molar-refractivity contribution in [2.45, 2.75) is 26.3 Å². The second kappa shape index (κ2) is 4.90. The van der Waals surface area contributed by atoms with E-state index in [-0.39, 0.29) is 0 Å². The van der Waals surface area contributed by atoms with Gasteiger partial charge in [0.2, 0.25) is 0 Å². The molecular weight excluding hydrogens is 200 g/mol. The molecule has 84 valence electrons. The molecule has 2 rings (SSSR count). The molecule has 0 aliphatic rings. The number of hydrogen-bond donors (Lipinski definition) is 1. The van der Waals surface area contributed by atoms with E-state index < -0.39 is 0 Å². The maximum absolute atomic E-state index is 5.68. The van der Waals surface area contributed by atoms with Gasteiger partial charge in [-0.05, 0) is 30.2 Å². The lowest BCUT2D eigenvalue weighted by molar-refractivity contribution is 0.807. The zero-order valence-electron chi connectivity index (χ0n) is 9.43. The number of aromatic nitrogens is 3. The van der Waals surface area contributed by atoms with Crippen LogP contribution in [0.1, 0.15) is 24.6 Å². The van der Waals surface area contributed by atoms with Gasteiger partial charge in [0.15, 0.2) is 5.82 Å². The van der Waals surface area contributed by atoms with Gasteiger partial charge in [0.05, 0.1) is 0 Å². The quantitative estimate of drug-likeness (QED) is 0.846. The molecule has 0 atom stereocenters. The van der Waals surface area contributed by atoms with E-state index in [9.17, 15) is 0 Å². The van der Waals surface area contributed by atoms with Gasteiger partial charge in [0.1, 0.15) is 0 Å². The van der Waals surface area contributed by atoms with Crippen molar-refractivity contribution >= 4 is 0 Å². The van der Waals surface area contributed by atoms with Crippen LogP contribution in [0, 0.1) is 0 Å². The lowest BCUT2D eigenvalue weighted by atomic mass is 10.1. The fraction of sp³-hybridized carbons (Fsp3) is 0.333. The van der Waals surface area contributed by atoms with Gasteiger partial charge >= 0.3 is 0 Å². The first kappa shape index (κ1) is 10.8. The highest BCUT2D eigenvalue weighted by Crippen LogP contribution is 2.10. The summed E-state index contributed by atoms with van der Waals surface area (Å²) in [5.74, 6) is 0.844. The van der Waals surface area contributed by atoms with Crippen LogP contribution in [-0.4, -0.2) is 14.8 Å². The minimum Gasteiger partial charge on any atom is -0.326 e. The molecule has 16 heavy (non-hydrogen) atoms. The third kappa shape index (κ3) is 2.28. The van der Waals surface area contributed by atoms with Crippen LogP contribution in [0.25, 0.3) is 5.82 Å². The van der Waals surface area contributed by atoms with Crippen LogP contribution in [-0.2, 0) is 13.0 Å². The van der Waals surface area contributed by atoms with Gasteiger partial charge < -0.3 is 5.73 Å². The monoisotopic (exact) mass is 216 g/mol. The number of aryl methyl sites for hydroxylation is 1. The van der Waals surface area contributed by atoms with Crippen molar-refractivity contribution in [2.75, 3.05) is 0 Å². The lowest BCUT2D eigenvalue weighted by Gasteiger charge is -2.07. The van der Waals surface area contributed by atoms with Gasteiger partial charge in [-0.3, -0.25) is 0 Å². The summed E-state index contributed by atoms with van der Waals surface area (Å²) in [6, 6.07) is 5.93. The smallest absolute Gasteiger partial charge is 0.153 e. The van der Waals surface area contributed by atoms with E-state index in [4.69, 9.17) is 5.73 Å². The predicted octanol–water partition coefficient (Wildman–Crippen LogP) is 1.68. The van der Waals surface area contributed by atoms with Gasteiger partial charge in [-0.15, -0.1) is 0 Å². The Bertz CT molecular complexity index is 448. The summed E-state index contributed by atoms with van der Waals surface area (Å²) in [5, 5.41) is 4.18. The summed E-state index contributed by atoms with van der Waals surface area (Å²) in [4.78, 5) is 4.56. The van der Waals surface area contributed by atoms with E-state index in [1.165, 1.54) is 0 Å². The lowest BCUT2D eigenvalue weighted by Crippen LogP contribution is -2.05. The summed E-state index contributed by atoms with van der Waals surface area (Å²) < 4.78 is 1.76. The predicted molar refractivity (Wildman–Crippen MR) is 63.2 cm³/mol. The molecule has 4 heteroatoms. The van der Waals surface area contributed by atoms with Crippen molar-refractivity contribution in [2.24, 2.45) is 5.73 Å². The first-order valence-electron chi connectivity index (χ1n) is 5.53. The second-order valence-electron chi connectivity index (χ2n) is 3.73. The van der Waals surface area contributed by atoms with Crippen LogP contribution in [0.4, 0.5) is 0 Å². The molecule has 2 N–H and O–H groups in total. The van der Waals surface area contributed by atoms with E-state index in [1.807, 2.05) is 18.3 Å². The molecule has 0 bridgehead atoms. The molecule has 2 heterocycles. The van der Waals surface area contributed by atoms with E-state index >= 15 is 0 Å². The fourth-order valence-electron chi connectivity index (χ4n) is 1.66. The Morgan fingerprint density at radius 3 is 2.88 bits per heavy atom. The maximum Gasteiger partial charge on any atom is 0.153 e. The molecule has 2 aromatic rings.